The average Bonchev–Trinajstić information content (AvgIpc) is 2.85. The molecule has 0 saturated heterocycles. The fourth-order valence-electron chi connectivity index (χ4n) is 2.16. The SMILES string of the molecule is COc1cnc(C(=O)C2(O)CCCC2)c(OC)n1. The smallest absolute Gasteiger partial charge is 0.246 e. The number of methoxy groups -OCH3 is 2. The molecule has 98 valence electrons. The summed E-state index contributed by atoms with van der Waals surface area (Å²) < 4.78 is 9.94. The van der Waals surface area contributed by atoms with Crippen molar-refractivity contribution in [1.82, 2.24) is 9.97 Å². The van der Waals surface area contributed by atoms with E-state index in [2.05, 4.69) is 9.97 Å². The Balaban J connectivity index is 2.35. The minimum atomic E-state index is -1.32. The van der Waals surface area contributed by atoms with Gasteiger partial charge in [-0.3, -0.25) is 4.79 Å². The summed E-state index contributed by atoms with van der Waals surface area (Å²) in [4.78, 5) is 20.3. The zero-order valence-electron chi connectivity index (χ0n) is 10.5. The zero-order chi connectivity index (χ0) is 13.2. The predicted molar refractivity (Wildman–Crippen MR) is 62.9 cm³/mol. The molecule has 1 aromatic rings. The van der Waals surface area contributed by atoms with Crippen LogP contribution in [0.4, 0.5) is 0 Å². The second kappa shape index (κ2) is 4.89. The molecule has 0 amide bonds. The predicted octanol–water partition coefficient (Wildman–Crippen LogP) is 0.982. The molecule has 18 heavy (non-hydrogen) atoms. The third kappa shape index (κ3) is 2.15. The molecule has 0 aliphatic heterocycles. The van der Waals surface area contributed by atoms with Gasteiger partial charge < -0.3 is 14.6 Å². The van der Waals surface area contributed by atoms with Crippen molar-refractivity contribution in [2.24, 2.45) is 0 Å². The van der Waals surface area contributed by atoms with Gasteiger partial charge in [0.25, 0.3) is 0 Å². The lowest BCUT2D eigenvalue weighted by Gasteiger charge is -2.20. The van der Waals surface area contributed by atoms with Crippen LogP contribution in [0.15, 0.2) is 6.20 Å². The molecule has 0 bridgehead atoms. The molecular formula is C12H16N2O4. The highest BCUT2D eigenvalue weighted by Crippen LogP contribution is 2.34. The van der Waals surface area contributed by atoms with Crippen LogP contribution in [0, 0.1) is 0 Å². The summed E-state index contributed by atoms with van der Waals surface area (Å²) in [6, 6.07) is 0. The van der Waals surface area contributed by atoms with Crippen LogP contribution in [0.2, 0.25) is 0 Å². The molecule has 0 spiro atoms. The van der Waals surface area contributed by atoms with E-state index in [1.54, 1.807) is 0 Å². The first kappa shape index (κ1) is 12.8. The van der Waals surface area contributed by atoms with Crippen molar-refractivity contribution in [2.75, 3.05) is 14.2 Å². The first-order chi connectivity index (χ1) is 8.60. The van der Waals surface area contributed by atoms with Gasteiger partial charge >= 0.3 is 0 Å². The van der Waals surface area contributed by atoms with Crippen molar-refractivity contribution in [1.29, 1.82) is 0 Å². The van der Waals surface area contributed by atoms with Crippen molar-refractivity contribution in [3.8, 4) is 11.8 Å². The third-order valence-corrected chi connectivity index (χ3v) is 3.19. The van der Waals surface area contributed by atoms with Gasteiger partial charge in [0.2, 0.25) is 17.5 Å². The Morgan fingerprint density at radius 1 is 1.33 bits per heavy atom. The van der Waals surface area contributed by atoms with Crippen LogP contribution < -0.4 is 9.47 Å². The molecule has 6 nitrogen and oxygen atoms in total. The molecule has 1 heterocycles. The molecule has 0 atom stereocenters. The van der Waals surface area contributed by atoms with E-state index in [0.717, 1.165) is 12.8 Å². The van der Waals surface area contributed by atoms with Crippen LogP contribution in [0.1, 0.15) is 36.2 Å². The Bertz CT molecular complexity index is 455. The minimum Gasteiger partial charge on any atom is -0.480 e. The Hall–Kier alpha value is -1.69. The second-order valence-corrected chi connectivity index (χ2v) is 4.34. The minimum absolute atomic E-state index is 0.0581. The van der Waals surface area contributed by atoms with E-state index in [-0.39, 0.29) is 17.5 Å². The Labute approximate surface area is 105 Å². The third-order valence-electron chi connectivity index (χ3n) is 3.19. The van der Waals surface area contributed by atoms with E-state index < -0.39 is 11.4 Å². The van der Waals surface area contributed by atoms with Crippen molar-refractivity contribution < 1.29 is 19.4 Å². The zero-order valence-corrected chi connectivity index (χ0v) is 10.5. The fourth-order valence-corrected chi connectivity index (χ4v) is 2.16. The number of aliphatic hydroxyl groups is 1. The van der Waals surface area contributed by atoms with Gasteiger partial charge in [-0.2, -0.15) is 4.98 Å². The molecule has 1 aromatic heterocycles. The van der Waals surface area contributed by atoms with E-state index in [9.17, 15) is 9.90 Å². The van der Waals surface area contributed by atoms with Crippen LogP contribution in [0.3, 0.4) is 0 Å². The molecule has 1 N–H and O–H groups in total. The summed E-state index contributed by atoms with van der Waals surface area (Å²) in [5.41, 5.74) is -1.26. The van der Waals surface area contributed by atoms with E-state index >= 15 is 0 Å². The van der Waals surface area contributed by atoms with Gasteiger partial charge in [0.05, 0.1) is 20.4 Å². The number of Topliss-reactive ketones (excluding diaryl/α,β-unsaturated/α-hetero) is 1. The van der Waals surface area contributed by atoms with Crippen molar-refractivity contribution in [2.45, 2.75) is 31.3 Å². The van der Waals surface area contributed by atoms with Crippen LogP contribution in [-0.2, 0) is 0 Å². The standard InChI is InChI=1S/C12H16N2O4/c1-17-8-7-13-9(11(14-8)18-2)10(15)12(16)5-3-4-6-12/h7,16H,3-6H2,1-2H3. The highest BCUT2D eigenvalue weighted by Gasteiger charge is 2.41. The Kier molecular flexibility index (Phi) is 3.47. The molecule has 6 heteroatoms. The maximum atomic E-state index is 12.3. The lowest BCUT2D eigenvalue weighted by molar-refractivity contribution is 0.0343. The van der Waals surface area contributed by atoms with E-state index in [0.29, 0.717) is 12.8 Å². The summed E-state index contributed by atoms with van der Waals surface area (Å²) in [6.07, 6.45) is 3.95. The summed E-state index contributed by atoms with van der Waals surface area (Å²) in [5.74, 6) is -0.0755. The van der Waals surface area contributed by atoms with Gasteiger partial charge in [-0.15, -0.1) is 0 Å². The van der Waals surface area contributed by atoms with Crippen LogP contribution in [0.5, 0.6) is 11.8 Å². The number of aromatic nitrogens is 2. The normalized spacial score (nSPS) is 17.5. The number of carbonyl (C=O) groups excluding carboxylic acids is 1. The topological polar surface area (TPSA) is 81.5 Å². The molecule has 2 rings (SSSR count). The van der Waals surface area contributed by atoms with Gasteiger partial charge in [-0.1, -0.05) is 0 Å². The van der Waals surface area contributed by atoms with Crippen LogP contribution in [-0.4, -0.2) is 40.7 Å². The maximum absolute atomic E-state index is 12.3. The van der Waals surface area contributed by atoms with Crippen molar-refractivity contribution >= 4 is 5.78 Å². The Morgan fingerprint density at radius 3 is 2.56 bits per heavy atom. The molecule has 1 aliphatic rings. The molecule has 0 radical (unpaired) electrons. The number of ketones is 1. The maximum Gasteiger partial charge on any atom is 0.246 e. The largest absolute Gasteiger partial charge is 0.480 e. The van der Waals surface area contributed by atoms with E-state index in [4.69, 9.17) is 9.47 Å². The second-order valence-electron chi connectivity index (χ2n) is 4.34. The van der Waals surface area contributed by atoms with Crippen molar-refractivity contribution in [3.05, 3.63) is 11.9 Å². The number of ether oxygens (including phenoxy) is 2. The Morgan fingerprint density at radius 2 is 2.00 bits per heavy atom. The molecule has 1 fully saturated rings. The molecular weight excluding hydrogens is 236 g/mol. The summed E-state index contributed by atoms with van der Waals surface area (Å²) in [6.45, 7) is 0. The lowest BCUT2D eigenvalue weighted by atomic mass is 9.94. The van der Waals surface area contributed by atoms with Gasteiger partial charge in [-0.05, 0) is 25.7 Å². The number of rotatable bonds is 4. The summed E-state index contributed by atoms with van der Waals surface area (Å²) in [7, 11) is 2.86. The molecule has 1 saturated carbocycles. The fraction of sp³-hybridized carbons (Fsp3) is 0.583. The highest BCUT2D eigenvalue weighted by molar-refractivity contribution is 6.02. The molecule has 0 aromatic carbocycles. The highest BCUT2D eigenvalue weighted by atomic mass is 16.5. The number of hydrogen-bond donors (Lipinski definition) is 1. The number of hydrogen-bond acceptors (Lipinski definition) is 6. The molecule has 1 aliphatic carbocycles. The summed E-state index contributed by atoms with van der Waals surface area (Å²) >= 11 is 0. The average molecular weight is 252 g/mol. The van der Waals surface area contributed by atoms with Gasteiger partial charge in [-0.25, -0.2) is 4.98 Å². The quantitative estimate of drug-likeness (QED) is 0.804. The first-order valence-electron chi connectivity index (χ1n) is 5.83. The lowest BCUT2D eigenvalue weighted by Crippen LogP contribution is -2.36. The van der Waals surface area contributed by atoms with Gasteiger partial charge in [0.1, 0.15) is 5.60 Å². The van der Waals surface area contributed by atoms with Gasteiger partial charge in [0.15, 0.2) is 5.69 Å². The monoisotopic (exact) mass is 252 g/mol. The van der Waals surface area contributed by atoms with Crippen LogP contribution in [0.25, 0.3) is 0 Å². The summed E-state index contributed by atoms with van der Waals surface area (Å²) in [5, 5.41) is 10.3. The van der Waals surface area contributed by atoms with Crippen LogP contribution >= 0.6 is 0 Å². The van der Waals surface area contributed by atoms with E-state index in [1.807, 2.05) is 0 Å². The number of carbonyl (C=O) groups is 1. The number of nitrogens with zero attached hydrogens (tertiary/aromatic N) is 2. The van der Waals surface area contributed by atoms with Gasteiger partial charge in [0, 0.05) is 0 Å². The molecule has 0 unspecified atom stereocenters. The van der Waals surface area contributed by atoms with Crippen molar-refractivity contribution in [3.63, 3.8) is 0 Å². The van der Waals surface area contributed by atoms with E-state index in [1.165, 1.54) is 20.4 Å². The first-order valence-corrected chi connectivity index (χ1v) is 5.83.